The van der Waals surface area contributed by atoms with E-state index in [-0.39, 0.29) is 5.97 Å². The summed E-state index contributed by atoms with van der Waals surface area (Å²) in [5.74, 6) is 0.793. The lowest BCUT2D eigenvalue weighted by Gasteiger charge is -2.17. The molecule has 0 amide bonds. The zero-order valence-corrected chi connectivity index (χ0v) is 26.1. The standard InChI is InChI=1S/C35H70O2/c1-4-7-10-13-14-15-16-17-18-19-20-21-22-25-28-31-35(36)37-33-32-34(29-26-23-11-8-5-2)30-27-24-12-9-6-3/h34H,4-33H2,1-3H3. The van der Waals surface area contributed by atoms with E-state index in [9.17, 15) is 4.79 Å². The van der Waals surface area contributed by atoms with Gasteiger partial charge in [-0.15, -0.1) is 0 Å². The Labute approximate surface area is 234 Å². The van der Waals surface area contributed by atoms with Gasteiger partial charge in [-0.2, -0.15) is 0 Å². The lowest BCUT2D eigenvalue weighted by atomic mass is 9.92. The van der Waals surface area contributed by atoms with Gasteiger partial charge in [-0.05, 0) is 18.8 Å². The van der Waals surface area contributed by atoms with Gasteiger partial charge in [-0.1, -0.05) is 188 Å². The van der Waals surface area contributed by atoms with Gasteiger partial charge in [0.1, 0.15) is 0 Å². The summed E-state index contributed by atoms with van der Waals surface area (Å²) in [5, 5.41) is 0. The van der Waals surface area contributed by atoms with Crippen LogP contribution in [0.15, 0.2) is 0 Å². The van der Waals surface area contributed by atoms with Gasteiger partial charge >= 0.3 is 5.97 Å². The Morgan fingerprint density at radius 1 is 0.432 bits per heavy atom. The Morgan fingerprint density at radius 3 is 1.14 bits per heavy atom. The Hall–Kier alpha value is -0.530. The van der Waals surface area contributed by atoms with Crippen LogP contribution >= 0.6 is 0 Å². The van der Waals surface area contributed by atoms with Crippen LogP contribution in [-0.2, 0) is 9.53 Å². The second-order valence-corrected chi connectivity index (χ2v) is 12.0. The van der Waals surface area contributed by atoms with E-state index in [2.05, 4.69) is 20.8 Å². The molecule has 0 aromatic carbocycles. The van der Waals surface area contributed by atoms with E-state index < -0.39 is 0 Å². The zero-order chi connectivity index (χ0) is 27.1. The molecule has 0 unspecified atom stereocenters. The van der Waals surface area contributed by atoms with Crippen molar-refractivity contribution < 1.29 is 9.53 Å². The molecule has 222 valence electrons. The van der Waals surface area contributed by atoms with Gasteiger partial charge in [-0.25, -0.2) is 0 Å². The van der Waals surface area contributed by atoms with Gasteiger partial charge in [0, 0.05) is 6.42 Å². The fraction of sp³-hybridized carbons (Fsp3) is 0.971. The minimum atomic E-state index is 0.0411. The number of carbonyl (C=O) groups excluding carboxylic acids is 1. The van der Waals surface area contributed by atoms with Gasteiger partial charge in [0.05, 0.1) is 6.61 Å². The van der Waals surface area contributed by atoms with Crippen molar-refractivity contribution in [2.75, 3.05) is 6.61 Å². The zero-order valence-electron chi connectivity index (χ0n) is 26.1. The predicted molar refractivity (Wildman–Crippen MR) is 165 cm³/mol. The number of esters is 1. The third-order valence-corrected chi connectivity index (χ3v) is 8.21. The normalized spacial score (nSPS) is 11.5. The highest BCUT2D eigenvalue weighted by molar-refractivity contribution is 5.69. The molecule has 0 saturated carbocycles. The van der Waals surface area contributed by atoms with Crippen molar-refractivity contribution >= 4 is 5.97 Å². The average Bonchev–Trinajstić information content (AvgIpc) is 2.90. The molecule has 0 aliphatic heterocycles. The topological polar surface area (TPSA) is 26.3 Å². The van der Waals surface area contributed by atoms with Gasteiger partial charge in [0.25, 0.3) is 0 Å². The molecule has 0 aliphatic carbocycles. The van der Waals surface area contributed by atoms with Crippen molar-refractivity contribution in [2.24, 2.45) is 5.92 Å². The smallest absolute Gasteiger partial charge is 0.305 e. The average molecular weight is 523 g/mol. The molecule has 0 radical (unpaired) electrons. The highest BCUT2D eigenvalue weighted by Crippen LogP contribution is 2.22. The summed E-state index contributed by atoms with van der Waals surface area (Å²) in [7, 11) is 0. The van der Waals surface area contributed by atoms with Crippen LogP contribution in [0.1, 0.15) is 207 Å². The SMILES string of the molecule is CCCCCCCCCCCCCCCCCC(=O)OCCC(CCCCCCC)CCCCCCC. The maximum Gasteiger partial charge on any atom is 0.305 e. The summed E-state index contributed by atoms with van der Waals surface area (Å²) in [6.45, 7) is 7.50. The summed E-state index contributed by atoms with van der Waals surface area (Å²) in [6, 6.07) is 0. The third kappa shape index (κ3) is 29.9. The van der Waals surface area contributed by atoms with Crippen LogP contribution in [0.4, 0.5) is 0 Å². The third-order valence-electron chi connectivity index (χ3n) is 8.21. The van der Waals surface area contributed by atoms with Crippen LogP contribution in [0.3, 0.4) is 0 Å². The van der Waals surface area contributed by atoms with Crippen LogP contribution < -0.4 is 0 Å². The summed E-state index contributed by atoms with van der Waals surface area (Å²) in [5.41, 5.74) is 0. The number of rotatable bonds is 31. The molecule has 0 heterocycles. The number of hydrogen-bond donors (Lipinski definition) is 0. The lowest BCUT2D eigenvalue weighted by Crippen LogP contribution is -2.10. The van der Waals surface area contributed by atoms with E-state index in [1.807, 2.05) is 0 Å². The van der Waals surface area contributed by atoms with E-state index in [0.717, 1.165) is 18.8 Å². The molecule has 0 rings (SSSR count). The highest BCUT2D eigenvalue weighted by Gasteiger charge is 2.11. The molecule has 2 heteroatoms. The maximum atomic E-state index is 12.2. The molecule has 2 nitrogen and oxygen atoms in total. The molecule has 0 fully saturated rings. The van der Waals surface area contributed by atoms with Crippen LogP contribution in [0.5, 0.6) is 0 Å². The van der Waals surface area contributed by atoms with E-state index >= 15 is 0 Å². The van der Waals surface area contributed by atoms with Gasteiger partial charge < -0.3 is 4.74 Å². The second-order valence-electron chi connectivity index (χ2n) is 12.0. The van der Waals surface area contributed by atoms with Crippen molar-refractivity contribution in [1.29, 1.82) is 0 Å². The van der Waals surface area contributed by atoms with E-state index in [4.69, 9.17) is 4.74 Å². The van der Waals surface area contributed by atoms with Crippen molar-refractivity contribution in [3.63, 3.8) is 0 Å². The lowest BCUT2D eigenvalue weighted by molar-refractivity contribution is -0.144. The molecular formula is C35H70O2. The van der Waals surface area contributed by atoms with Crippen LogP contribution in [0.2, 0.25) is 0 Å². The fourth-order valence-corrected chi connectivity index (χ4v) is 5.56. The summed E-state index contributed by atoms with van der Waals surface area (Å²) in [6.07, 6.45) is 38.4. The fourth-order valence-electron chi connectivity index (χ4n) is 5.56. The molecule has 0 bridgehead atoms. The van der Waals surface area contributed by atoms with E-state index in [1.54, 1.807) is 0 Å². The molecule has 0 spiro atoms. The molecule has 0 aromatic rings. The molecular weight excluding hydrogens is 452 g/mol. The Morgan fingerprint density at radius 2 is 0.757 bits per heavy atom. The van der Waals surface area contributed by atoms with Crippen LogP contribution in [0.25, 0.3) is 0 Å². The summed E-state index contributed by atoms with van der Waals surface area (Å²) in [4.78, 5) is 12.2. The maximum absolute atomic E-state index is 12.2. The Balaban J connectivity index is 3.64. The first-order valence-electron chi connectivity index (χ1n) is 17.4. The quantitative estimate of drug-likeness (QED) is 0.0668. The van der Waals surface area contributed by atoms with Gasteiger partial charge in [0.2, 0.25) is 0 Å². The van der Waals surface area contributed by atoms with Crippen molar-refractivity contribution in [1.82, 2.24) is 0 Å². The van der Waals surface area contributed by atoms with Gasteiger partial charge in [-0.3, -0.25) is 4.79 Å². The molecule has 0 aromatic heterocycles. The molecule has 0 aliphatic rings. The van der Waals surface area contributed by atoms with Crippen molar-refractivity contribution in [2.45, 2.75) is 207 Å². The minimum Gasteiger partial charge on any atom is -0.466 e. The first-order valence-corrected chi connectivity index (χ1v) is 17.4. The van der Waals surface area contributed by atoms with E-state index in [1.165, 1.54) is 167 Å². The van der Waals surface area contributed by atoms with Crippen LogP contribution in [0, 0.1) is 5.92 Å². The largest absolute Gasteiger partial charge is 0.466 e. The van der Waals surface area contributed by atoms with E-state index in [0.29, 0.717) is 13.0 Å². The van der Waals surface area contributed by atoms with Crippen LogP contribution in [-0.4, -0.2) is 12.6 Å². The molecule has 0 atom stereocenters. The number of hydrogen-bond acceptors (Lipinski definition) is 2. The first-order chi connectivity index (χ1) is 18.2. The first kappa shape index (κ1) is 36.5. The second kappa shape index (κ2) is 31.7. The number of unbranched alkanes of at least 4 members (excludes halogenated alkanes) is 22. The summed E-state index contributed by atoms with van der Waals surface area (Å²) < 4.78 is 5.64. The molecule has 0 N–H and O–H groups in total. The highest BCUT2D eigenvalue weighted by atomic mass is 16.5. The minimum absolute atomic E-state index is 0.0411. The molecule has 0 saturated heterocycles. The monoisotopic (exact) mass is 523 g/mol. The molecule has 37 heavy (non-hydrogen) atoms. The van der Waals surface area contributed by atoms with Crippen molar-refractivity contribution in [3.8, 4) is 0 Å². The number of carbonyl (C=O) groups is 1. The Kier molecular flexibility index (Phi) is 31.2. The van der Waals surface area contributed by atoms with Gasteiger partial charge in [0.15, 0.2) is 0 Å². The summed E-state index contributed by atoms with van der Waals surface area (Å²) >= 11 is 0. The predicted octanol–water partition coefficient (Wildman–Crippen LogP) is 12.5. The number of ether oxygens (including phenoxy) is 1. The Bertz CT molecular complexity index is 419. The van der Waals surface area contributed by atoms with Crippen molar-refractivity contribution in [3.05, 3.63) is 0 Å².